The van der Waals surface area contributed by atoms with Crippen LogP contribution in [-0.2, 0) is 11.3 Å². The van der Waals surface area contributed by atoms with Gasteiger partial charge in [-0.3, -0.25) is 4.90 Å². The Morgan fingerprint density at radius 1 is 1.05 bits per heavy atom. The molecule has 2 aliphatic heterocycles. The van der Waals surface area contributed by atoms with Crippen molar-refractivity contribution in [2.75, 3.05) is 26.2 Å². The molecule has 0 spiro atoms. The number of quaternary nitrogens is 1. The molecule has 2 heterocycles. The van der Waals surface area contributed by atoms with Gasteiger partial charge in [0.25, 0.3) is 0 Å². The number of hydrogen-bond donors (Lipinski definition) is 1. The standard InChI is InChI=1S/C19H30N2O/c1-15-4-6-18(7-5-15)14-20-10-8-19(9-11-20)21-12-16(2)22-17(3)13-21/h4-7,16-17,19H,8-14H2,1-3H3/p+1. The second-order valence-electron chi connectivity index (χ2n) is 7.35. The van der Waals surface area contributed by atoms with Gasteiger partial charge in [-0.15, -0.1) is 0 Å². The maximum absolute atomic E-state index is 5.87. The normalized spacial score (nSPS) is 33.8. The molecule has 0 bridgehead atoms. The zero-order valence-corrected chi connectivity index (χ0v) is 14.3. The molecule has 2 aliphatic rings. The third kappa shape index (κ3) is 4.09. The van der Waals surface area contributed by atoms with Gasteiger partial charge in [0.2, 0.25) is 0 Å². The largest absolute Gasteiger partial charge is 0.373 e. The molecule has 1 aromatic carbocycles. The summed E-state index contributed by atoms with van der Waals surface area (Å²) in [4.78, 5) is 4.43. The molecule has 22 heavy (non-hydrogen) atoms. The van der Waals surface area contributed by atoms with Crippen molar-refractivity contribution in [3.63, 3.8) is 0 Å². The van der Waals surface area contributed by atoms with E-state index in [0.29, 0.717) is 12.2 Å². The molecule has 0 amide bonds. The van der Waals surface area contributed by atoms with Gasteiger partial charge in [0.1, 0.15) is 6.54 Å². The number of nitrogens with one attached hydrogen (secondary N) is 1. The number of piperidine rings is 1. The minimum atomic E-state index is 0.390. The predicted octanol–water partition coefficient (Wildman–Crippen LogP) is 1.65. The molecule has 122 valence electrons. The first-order valence-electron chi connectivity index (χ1n) is 8.89. The maximum Gasteiger partial charge on any atom is 0.103 e. The Morgan fingerprint density at radius 2 is 1.64 bits per heavy atom. The van der Waals surface area contributed by atoms with E-state index in [1.807, 2.05) is 0 Å². The van der Waals surface area contributed by atoms with Gasteiger partial charge in [-0.05, 0) is 20.8 Å². The lowest BCUT2D eigenvalue weighted by Gasteiger charge is -2.42. The lowest BCUT2D eigenvalue weighted by Crippen LogP contribution is -3.12. The molecule has 3 nitrogen and oxygen atoms in total. The highest BCUT2D eigenvalue weighted by Gasteiger charge is 2.31. The van der Waals surface area contributed by atoms with Gasteiger partial charge in [-0.25, -0.2) is 0 Å². The van der Waals surface area contributed by atoms with Gasteiger partial charge < -0.3 is 9.64 Å². The van der Waals surface area contributed by atoms with Gasteiger partial charge in [-0.1, -0.05) is 29.8 Å². The molecule has 0 radical (unpaired) electrons. The number of aryl methyl sites for hydroxylation is 1. The Labute approximate surface area is 135 Å². The Kier molecular flexibility index (Phi) is 5.17. The zero-order valence-electron chi connectivity index (χ0n) is 14.3. The monoisotopic (exact) mass is 303 g/mol. The summed E-state index contributed by atoms with van der Waals surface area (Å²) >= 11 is 0. The van der Waals surface area contributed by atoms with Crippen LogP contribution in [0.1, 0.15) is 37.8 Å². The van der Waals surface area contributed by atoms with Crippen LogP contribution in [0, 0.1) is 6.92 Å². The molecule has 2 saturated heterocycles. The maximum atomic E-state index is 5.87. The van der Waals surface area contributed by atoms with Crippen LogP contribution in [-0.4, -0.2) is 49.3 Å². The summed E-state index contributed by atoms with van der Waals surface area (Å²) in [6, 6.07) is 9.82. The van der Waals surface area contributed by atoms with Crippen LogP contribution in [0.5, 0.6) is 0 Å². The summed E-state index contributed by atoms with van der Waals surface area (Å²) in [7, 11) is 0. The van der Waals surface area contributed by atoms with Crippen LogP contribution in [0.2, 0.25) is 0 Å². The van der Waals surface area contributed by atoms with Crippen LogP contribution >= 0.6 is 0 Å². The quantitative estimate of drug-likeness (QED) is 0.914. The Morgan fingerprint density at radius 3 is 2.23 bits per heavy atom. The van der Waals surface area contributed by atoms with Crippen molar-refractivity contribution in [1.29, 1.82) is 0 Å². The van der Waals surface area contributed by atoms with E-state index in [1.54, 1.807) is 4.90 Å². The van der Waals surface area contributed by atoms with Crippen molar-refractivity contribution in [1.82, 2.24) is 4.90 Å². The molecule has 0 aliphatic carbocycles. The molecule has 3 rings (SSSR count). The van der Waals surface area contributed by atoms with Gasteiger partial charge in [0.15, 0.2) is 0 Å². The minimum Gasteiger partial charge on any atom is -0.373 e. The number of hydrogen-bond acceptors (Lipinski definition) is 2. The van der Waals surface area contributed by atoms with E-state index in [-0.39, 0.29) is 0 Å². The summed E-state index contributed by atoms with van der Waals surface area (Å²) in [5.41, 5.74) is 2.83. The third-order valence-electron chi connectivity index (χ3n) is 5.20. The Balaban J connectivity index is 1.48. The lowest BCUT2D eigenvalue weighted by atomic mass is 10.0. The molecule has 2 atom stereocenters. The van der Waals surface area contributed by atoms with E-state index >= 15 is 0 Å². The molecule has 2 fully saturated rings. The van der Waals surface area contributed by atoms with Crippen LogP contribution in [0.4, 0.5) is 0 Å². The molecule has 3 heteroatoms. The summed E-state index contributed by atoms with van der Waals surface area (Å²) in [6.45, 7) is 12.6. The van der Waals surface area contributed by atoms with E-state index in [9.17, 15) is 0 Å². The number of morpholine rings is 1. The summed E-state index contributed by atoms with van der Waals surface area (Å²) in [6.07, 6.45) is 3.45. The van der Waals surface area contributed by atoms with Crippen LogP contribution in [0.25, 0.3) is 0 Å². The second kappa shape index (κ2) is 7.12. The topological polar surface area (TPSA) is 16.9 Å². The van der Waals surface area contributed by atoms with Gasteiger partial charge in [0, 0.05) is 37.5 Å². The first-order chi connectivity index (χ1) is 10.6. The Bertz CT molecular complexity index is 455. The van der Waals surface area contributed by atoms with Crippen LogP contribution in [0.3, 0.4) is 0 Å². The molecule has 0 aromatic heterocycles. The number of nitrogens with zero attached hydrogens (tertiary/aromatic N) is 1. The first-order valence-corrected chi connectivity index (χ1v) is 8.89. The zero-order chi connectivity index (χ0) is 15.5. The summed E-state index contributed by atoms with van der Waals surface area (Å²) in [5.74, 6) is 0. The van der Waals surface area contributed by atoms with Crippen molar-refractivity contribution in [2.24, 2.45) is 0 Å². The van der Waals surface area contributed by atoms with Gasteiger partial charge in [0.05, 0.1) is 25.3 Å². The molecule has 0 saturated carbocycles. The Hall–Kier alpha value is -0.900. The van der Waals surface area contributed by atoms with E-state index < -0.39 is 0 Å². The first kappa shape index (κ1) is 16.0. The van der Waals surface area contributed by atoms with Crippen LogP contribution in [0.15, 0.2) is 24.3 Å². The van der Waals surface area contributed by atoms with Crippen LogP contribution < -0.4 is 4.90 Å². The van der Waals surface area contributed by atoms with E-state index in [2.05, 4.69) is 49.9 Å². The van der Waals surface area contributed by atoms with Gasteiger partial charge in [-0.2, -0.15) is 0 Å². The molecule has 1 aromatic rings. The van der Waals surface area contributed by atoms with Crippen molar-refractivity contribution in [3.05, 3.63) is 35.4 Å². The highest BCUT2D eigenvalue weighted by molar-refractivity contribution is 5.20. The molecule has 1 N–H and O–H groups in total. The molecule has 2 unspecified atom stereocenters. The minimum absolute atomic E-state index is 0.390. The average Bonchev–Trinajstić information content (AvgIpc) is 2.49. The molecular weight excluding hydrogens is 272 g/mol. The van der Waals surface area contributed by atoms with Crippen molar-refractivity contribution < 1.29 is 9.64 Å². The summed E-state index contributed by atoms with van der Waals surface area (Å²) < 4.78 is 5.87. The molecular formula is C19H31N2O+. The van der Waals surface area contributed by atoms with Crippen molar-refractivity contribution >= 4 is 0 Å². The number of likely N-dealkylation sites (tertiary alicyclic amines) is 1. The number of rotatable bonds is 3. The summed E-state index contributed by atoms with van der Waals surface area (Å²) in [5, 5.41) is 0. The highest BCUT2D eigenvalue weighted by Crippen LogP contribution is 2.18. The fourth-order valence-electron chi connectivity index (χ4n) is 4.06. The predicted molar refractivity (Wildman–Crippen MR) is 90.2 cm³/mol. The van der Waals surface area contributed by atoms with Gasteiger partial charge >= 0.3 is 0 Å². The highest BCUT2D eigenvalue weighted by atomic mass is 16.5. The van der Waals surface area contributed by atoms with E-state index in [4.69, 9.17) is 4.74 Å². The SMILES string of the molecule is Cc1ccc(C[NH+]2CCC(N3CC(C)OC(C)C3)CC2)cc1. The fourth-order valence-corrected chi connectivity index (χ4v) is 4.06. The average molecular weight is 303 g/mol. The van der Waals surface area contributed by atoms with Crippen molar-refractivity contribution in [3.8, 4) is 0 Å². The van der Waals surface area contributed by atoms with E-state index in [1.165, 1.54) is 43.6 Å². The van der Waals surface area contributed by atoms with Crippen molar-refractivity contribution in [2.45, 2.75) is 58.4 Å². The lowest BCUT2D eigenvalue weighted by molar-refractivity contribution is -0.919. The number of benzene rings is 1. The number of ether oxygens (including phenoxy) is 1. The fraction of sp³-hybridized carbons (Fsp3) is 0.684. The third-order valence-corrected chi connectivity index (χ3v) is 5.20. The smallest absolute Gasteiger partial charge is 0.103 e. The second-order valence-corrected chi connectivity index (χ2v) is 7.35. The van der Waals surface area contributed by atoms with E-state index in [0.717, 1.165) is 19.1 Å².